The highest BCUT2D eigenvalue weighted by atomic mass is 16.5. The minimum Gasteiger partial charge on any atom is -0.496 e. The Kier molecular flexibility index (Phi) is 5.20. The SMILES string of the molecule is CCOc1cccc(/C=C(\C(=O)O)c2ccccc2OC)c1. The second-order valence-corrected chi connectivity index (χ2v) is 4.57. The summed E-state index contributed by atoms with van der Waals surface area (Å²) in [5.41, 5.74) is 1.47. The molecule has 0 aromatic heterocycles. The first-order chi connectivity index (χ1) is 10.7. The average Bonchev–Trinajstić information content (AvgIpc) is 2.53. The zero-order chi connectivity index (χ0) is 15.9. The highest BCUT2D eigenvalue weighted by Gasteiger charge is 2.15. The van der Waals surface area contributed by atoms with Crippen LogP contribution in [-0.4, -0.2) is 24.8 Å². The van der Waals surface area contributed by atoms with Gasteiger partial charge in [0.1, 0.15) is 11.5 Å². The van der Waals surface area contributed by atoms with E-state index in [1.165, 1.54) is 7.11 Å². The molecule has 2 aromatic carbocycles. The van der Waals surface area contributed by atoms with E-state index >= 15 is 0 Å². The molecule has 0 heterocycles. The second-order valence-electron chi connectivity index (χ2n) is 4.57. The highest BCUT2D eigenvalue weighted by molar-refractivity contribution is 6.21. The van der Waals surface area contributed by atoms with Gasteiger partial charge in [-0.15, -0.1) is 0 Å². The molecule has 0 aliphatic carbocycles. The lowest BCUT2D eigenvalue weighted by Crippen LogP contribution is -2.02. The van der Waals surface area contributed by atoms with Gasteiger partial charge in [0, 0.05) is 5.56 Å². The molecule has 2 rings (SSSR count). The molecule has 0 unspecified atom stereocenters. The first-order valence-electron chi connectivity index (χ1n) is 6.97. The smallest absolute Gasteiger partial charge is 0.336 e. The molecular formula is C18H18O4. The first kappa shape index (κ1) is 15.6. The van der Waals surface area contributed by atoms with Crippen LogP contribution in [0.25, 0.3) is 11.6 Å². The molecule has 0 fully saturated rings. The van der Waals surface area contributed by atoms with Crippen LogP contribution in [0, 0.1) is 0 Å². The molecule has 0 atom stereocenters. The number of carboxylic acid groups (broad SMARTS) is 1. The summed E-state index contributed by atoms with van der Waals surface area (Å²) >= 11 is 0. The van der Waals surface area contributed by atoms with Crippen molar-refractivity contribution in [3.63, 3.8) is 0 Å². The maximum atomic E-state index is 11.6. The Bertz CT molecular complexity index is 689. The molecule has 2 aromatic rings. The molecule has 0 saturated heterocycles. The van der Waals surface area contributed by atoms with Crippen LogP contribution in [0.5, 0.6) is 11.5 Å². The maximum Gasteiger partial charge on any atom is 0.336 e. The number of aliphatic carboxylic acids is 1. The van der Waals surface area contributed by atoms with Gasteiger partial charge in [-0.1, -0.05) is 30.3 Å². The van der Waals surface area contributed by atoms with E-state index in [1.807, 2.05) is 31.2 Å². The molecule has 1 N–H and O–H groups in total. The van der Waals surface area contributed by atoms with Gasteiger partial charge in [-0.2, -0.15) is 0 Å². The van der Waals surface area contributed by atoms with Gasteiger partial charge in [0.25, 0.3) is 0 Å². The van der Waals surface area contributed by atoms with Crippen LogP contribution in [0.4, 0.5) is 0 Å². The Morgan fingerprint density at radius 2 is 1.95 bits per heavy atom. The zero-order valence-electron chi connectivity index (χ0n) is 12.6. The Balaban J connectivity index is 2.48. The minimum atomic E-state index is -1.01. The molecule has 0 saturated carbocycles. The van der Waals surface area contributed by atoms with Crippen LogP contribution in [0.2, 0.25) is 0 Å². The third-order valence-corrected chi connectivity index (χ3v) is 3.11. The molecule has 4 nitrogen and oxygen atoms in total. The fraction of sp³-hybridized carbons (Fsp3) is 0.167. The fourth-order valence-electron chi connectivity index (χ4n) is 2.15. The Morgan fingerprint density at radius 1 is 1.18 bits per heavy atom. The van der Waals surface area contributed by atoms with Gasteiger partial charge in [0.05, 0.1) is 19.3 Å². The molecule has 0 radical (unpaired) electrons. The Hall–Kier alpha value is -2.75. The van der Waals surface area contributed by atoms with Crippen molar-refractivity contribution in [1.29, 1.82) is 0 Å². The molecule has 0 amide bonds. The lowest BCUT2D eigenvalue weighted by molar-refractivity contribution is -0.130. The van der Waals surface area contributed by atoms with Crippen molar-refractivity contribution in [3.05, 3.63) is 59.7 Å². The van der Waals surface area contributed by atoms with Crippen molar-refractivity contribution in [3.8, 4) is 11.5 Å². The maximum absolute atomic E-state index is 11.6. The van der Waals surface area contributed by atoms with Gasteiger partial charge < -0.3 is 14.6 Å². The molecular weight excluding hydrogens is 280 g/mol. The molecule has 0 aliphatic rings. The van der Waals surface area contributed by atoms with Crippen molar-refractivity contribution >= 4 is 17.6 Å². The van der Waals surface area contributed by atoms with Crippen molar-refractivity contribution in [2.24, 2.45) is 0 Å². The summed E-state index contributed by atoms with van der Waals surface area (Å²) in [5.74, 6) is 0.226. The minimum absolute atomic E-state index is 0.172. The van der Waals surface area contributed by atoms with Gasteiger partial charge in [0.2, 0.25) is 0 Å². The molecule has 22 heavy (non-hydrogen) atoms. The lowest BCUT2D eigenvalue weighted by atomic mass is 10.0. The first-order valence-corrected chi connectivity index (χ1v) is 6.97. The summed E-state index contributed by atoms with van der Waals surface area (Å²) in [6.07, 6.45) is 1.61. The quantitative estimate of drug-likeness (QED) is 0.652. The number of para-hydroxylation sites is 1. The normalized spacial score (nSPS) is 11.1. The number of carboxylic acids is 1. The van der Waals surface area contributed by atoms with E-state index < -0.39 is 5.97 Å². The second kappa shape index (κ2) is 7.31. The Morgan fingerprint density at radius 3 is 2.64 bits per heavy atom. The van der Waals surface area contributed by atoms with Gasteiger partial charge in [-0.25, -0.2) is 4.79 Å². The third-order valence-electron chi connectivity index (χ3n) is 3.11. The van der Waals surface area contributed by atoms with E-state index in [0.717, 1.165) is 5.56 Å². The number of ether oxygens (including phenoxy) is 2. The highest BCUT2D eigenvalue weighted by Crippen LogP contribution is 2.28. The number of methoxy groups -OCH3 is 1. The van der Waals surface area contributed by atoms with Crippen molar-refractivity contribution < 1.29 is 19.4 Å². The van der Waals surface area contributed by atoms with E-state index in [0.29, 0.717) is 23.7 Å². The average molecular weight is 298 g/mol. The number of hydrogen-bond donors (Lipinski definition) is 1. The number of rotatable bonds is 6. The zero-order valence-corrected chi connectivity index (χ0v) is 12.6. The lowest BCUT2D eigenvalue weighted by Gasteiger charge is -2.09. The molecule has 4 heteroatoms. The van der Waals surface area contributed by atoms with Gasteiger partial charge >= 0.3 is 5.97 Å². The van der Waals surface area contributed by atoms with E-state index in [-0.39, 0.29) is 5.57 Å². The fourth-order valence-corrected chi connectivity index (χ4v) is 2.15. The summed E-state index contributed by atoms with van der Waals surface area (Å²) < 4.78 is 10.7. The van der Waals surface area contributed by atoms with Crippen LogP contribution in [0.3, 0.4) is 0 Å². The largest absolute Gasteiger partial charge is 0.496 e. The Labute approximate surface area is 129 Å². The van der Waals surface area contributed by atoms with Crippen LogP contribution in [-0.2, 0) is 4.79 Å². The third kappa shape index (κ3) is 3.67. The van der Waals surface area contributed by atoms with Gasteiger partial charge in [-0.05, 0) is 36.8 Å². The van der Waals surface area contributed by atoms with E-state index in [2.05, 4.69) is 0 Å². The molecule has 0 spiro atoms. The predicted molar refractivity (Wildman–Crippen MR) is 86.1 cm³/mol. The predicted octanol–water partition coefficient (Wildman–Crippen LogP) is 3.72. The van der Waals surface area contributed by atoms with Gasteiger partial charge in [-0.3, -0.25) is 0 Å². The van der Waals surface area contributed by atoms with Crippen LogP contribution < -0.4 is 9.47 Å². The van der Waals surface area contributed by atoms with Crippen molar-refractivity contribution in [1.82, 2.24) is 0 Å². The molecule has 114 valence electrons. The van der Waals surface area contributed by atoms with Crippen molar-refractivity contribution in [2.45, 2.75) is 6.92 Å². The summed E-state index contributed by atoms with van der Waals surface area (Å²) in [6, 6.07) is 14.4. The summed E-state index contributed by atoms with van der Waals surface area (Å²) in [7, 11) is 1.52. The van der Waals surface area contributed by atoms with E-state index in [1.54, 1.807) is 30.3 Å². The van der Waals surface area contributed by atoms with E-state index in [9.17, 15) is 9.90 Å². The monoisotopic (exact) mass is 298 g/mol. The number of hydrogen-bond acceptors (Lipinski definition) is 3. The van der Waals surface area contributed by atoms with Gasteiger partial charge in [0.15, 0.2) is 0 Å². The van der Waals surface area contributed by atoms with E-state index in [4.69, 9.17) is 9.47 Å². The summed E-state index contributed by atoms with van der Waals surface area (Å²) in [4.78, 5) is 11.6. The van der Waals surface area contributed by atoms with Crippen molar-refractivity contribution in [2.75, 3.05) is 13.7 Å². The molecule has 0 bridgehead atoms. The number of carbonyl (C=O) groups is 1. The van der Waals surface area contributed by atoms with Crippen LogP contribution in [0.1, 0.15) is 18.1 Å². The summed E-state index contributed by atoms with van der Waals surface area (Å²) in [5, 5.41) is 9.53. The standard InChI is InChI=1S/C18H18O4/c1-3-22-14-8-6-7-13(11-14)12-16(18(19)20)15-9-4-5-10-17(15)21-2/h4-12H,3H2,1-2H3,(H,19,20)/b16-12-. The number of benzene rings is 2. The summed E-state index contributed by atoms with van der Waals surface area (Å²) in [6.45, 7) is 2.46. The van der Waals surface area contributed by atoms with Crippen LogP contribution >= 0.6 is 0 Å². The topological polar surface area (TPSA) is 55.8 Å². The molecule has 0 aliphatic heterocycles. The van der Waals surface area contributed by atoms with Crippen LogP contribution in [0.15, 0.2) is 48.5 Å².